The van der Waals surface area contributed by atoms with E-state index in [9.17, 15) is 4.79 Å². The van der Waals surface area contributed by atoms with Crippen LogP contribution >= 0.6 is 15.9 Å². The Hall–Kier alpha value is -2.14. The van der Waals surface area contributed by atoms with E-state index in [0.717, 1.165) is 26.9 Å². The molecule has 2 aromatic rings. The van der Waals surface area contributed by atoms with Crippen LogP contribution in [0.25, 0.3) is 0 Å². The van der Waals surface area contributed by atoms with Gasteiger partial charge < -0.3 is 10.2 Å². The number of amides is 1. The average molecular weight is 361 g/mol. The monoisotopic (exact) mass is 360 g/mol. The fourth-order valence-electron chi connectivity index (χ4n) is 1.88. The lowest BCUT2D eigenvalue weighted by Gasteiger charge is -2.08. The van der Waals surface area contributed by atoms with Gasteiger partial charge in [-0.1, -0.05) is 45.4 Å². The van der Waals surface area contributed by atoms with Crippen molar-refractivity contribution in [3.8, 4) is 0 Å². The second-order valence-electron chi connectivity index (χ2n) is 4.87. The van der Waals surface area contributed by atoms with E-state index in [4.69, 9.17) is 4.84 Å². The van der Waals surface area contributed by atoms with Gasteiger partial charge in [0.05, 0.1) is 6.21 Å². The Morgan fingerprint density at radius 2 is 2.00 bits per heavy atom. The molecule has 0 bridgehead atoms. The minimum absolute atomic E-state index is 0.127. The van der Waals surface area contributed by atoms with E-state index in [0.29, 0.717) is 0 Å². The molecule has 0 aliphatic carbocycles. The number of nitrogens with zero attached hydrogens (tertiary/aromatic N) is 1. The van der Waals surface area contributed by atoms with Crippen LogP contribution in [0, 0.1) is 13.8 Å². The van der Waals surface area contributed by atoms with Gasteiger partial charge in [0.25, 0.3) is 5.91 Å². The normalized spacial score (nSPS) is 10.7. The zero-order valence-electron chi connectivity index (χ0n) is 12.5. The molecule has 2 aromatic carbocycles. The molecule has 5 heteroatoms. The van der Waals surface area contributed by atoms with Gasteiger partial charge in [-0.05, 0) is 48.7 Å². The second kappa shape index (κ2) is 7.75. The van der Waals surface area contributed by atoms with Crippen molar-refractivity contribution in [2.24, 2.45) is 5.16 Å². The minimum Gasteiger partial charge on any atom is -0.386 e. The number of aryl methyl sites for hydroxylation is 2. The number of carbonyl (C=O) groups is 1. The molecule has 0 saturated carbocycles. The second-order valence-corrected chi connectivity index (χ2v) is 5.79. The van der Waals surface area contributed by atoms with E-state index in [1.165, 1.54) is 0 Å². The largest absolute Gasteiger partial charge is 0.386 e. The van der Waals surface area contributed by atoms with Crippen LogP contribution < -0.4 is 5.32 Å². The fraction of sp³-hybridized carbons (Fsp3) is 0.176. The van der Waals surface area contributed by atoms with Gasteiger partial charge in [0, 0.05) is 10.2 Å². The van der Waals surface area contributed by atoms with Crippen molar-refractivity contribution < 1.29 is 9.63 Å². The summed E-state index contributed by atoms with van der Waals surface area (Å²) < 4.78 is 0.974. The Morgan fingerprint density at radius 3 is 2.73 bits per heavy atom. The lowest BCUT2D eigenvalue weighted by Crippen LogP contribution is -2.17. The van der Waals surface area contributed by atoms with Crippen LogP contribution in [0.4, 0.5) is 5.69 Å². The number of hydrogen-bond acceptors (Lipinski definition) is 3. The van der Waals surface area contributed by atoms with Gasteiger partial charge in [-0.25, -0.2) is 0 Å². The first kappa shape index (κ1) is 16.2. The van der Waals surface area contributed by atoms with Crippen molar-refractivity contribution in [2.75, 3.05) is 11.9 Å². The van der Waals surface area contributed by atoms with Gasteiger partial charge in [-0.3, -0.25) is 4.79 Å². The summed E-state index contributed by atoms with van der Waals surface area (Å²) in [6, 6.07) is 13.5. The summed E-state index contributed by atoms with van der Waals surface area (Å²) in [4.78, 5) is 16.8. The molecule has 0 spiro atoms. The van der Waals surface area contributed by atoms with Crippen LogP contribution in [0.1, 0.15) is 16.7 Å². The molecule has 0 aromatic heterocycles. The molecular weight excluding hydrogens is 344 g/mol. The van der Waals surface area contributed by atoms with Crippen molar-refractivity contribution >= 4 is 33.7 Å². The molecule has 0 unspecified atom stereocenters. The number of anilines is 1. The van der Waals surface area contributed by atoms with Crippen molar-refractivity contribution in [3.05, 3.63) is 63.6 Å². The maximum absolute atomic E-state index is 11.8. The van der Waals surface area contributed by atoms with Gasteiger partial charge in [0.1, 0.15) is 0 Å². The number of benzene rings is 2. The van der Waals surface area contributed by atoms with Crippen LogP contribution in [0.3, 0.4) is 0 Å². The molecule has 0 saturated heterocycles. The molecule has 0 aliphatic heterocycles. The number of halogens is 1. The molecule has 22 heavy (non-hydrogen) atoms. The van der Waals surface area contributed by atoms with Crippen LogP contribution in [-0.2, 0) is 9.63 Å². The van der Waals surface area contributed by atoms with E-state index < -0.39 is 0 Å². The number of carbonyl (C=O) groups excluding carboxylic acids is 1. The first-order valence-electron chi connectivity index (χ1n) is 6.83. The van der Waals surface area contributed by atoms with E-state index >= 15 is 0 Å². The molecule has 1 N–H and O–H groups in total. The zero-order valence-corrected chi connectivity index (χ0v) is 14.1. The van der Waals surface area contributed by atoms with Crippen molar-refractivity contribution in [1.82, 2.24) is 0 Å². The van der Waals surface area contributed by atoms with E-state index in [-0.39, 0.29) is 12.5 Å². The van der Waals surface area contributed by atoms with Gasteiger partial charge in [0.2, 0.25) is 0 Å². The molecule has 0 radical (unpaired) electrons. The maximum atomic E-state index is 11.8. The quantitative estimate of drug-likeness (QED) is 0.645. The Morgan fingerprint density at radius 1 is 1.23 bits per heavy atom. The number of oxime groups is 1. The Bertz CT molecular complexity index is 699. The van der Waals surface area contributed by atoms with E-state index in [2.05, 4.69) is 26.4 Å². The Balaban J connectivity index is 1.84. The third kappa shape index (κ3) is 4.70. The van der Waals surface area contributed by atoms with Gasteiger partial charge in [0.15, 0.2) is 6.61 Å². The standard InChI is InChI=1S/C17H17BrN2O2/c1-12-5-3-4-6-14(12)10-19-22-11-17(21)20-16-8-7-15(18)9-13(16)2/h3-10H,11H2,1-2H3,(H,20,21)/b19-10+. The van der Waals surface area contributed by atoms with Crippen molar-refractivity contribution in [1.29, 1.82) is 0 Å². The van der Waals surface area contributed by atoms with E-state index in [1.807, 2.05) is 56.3 Å². The summed E-state index contributed by atoms with van der Waals surface area (Å²) in [7, 11) is 0. The smallest absolute Gasteiger partial charge is 0.265 e. The summed E-state index contributed by atoms with van der Waals surface area (Å²) in [5.74, 6) is -0.243. The molecule has 1 amide bonds. The summed E-state index contributed by atoms with van der Waals surface area (Å²) in [6.45, 7) is 3.79. The number of rotatable bonds is 5. The lowest BCUT2D eigenvalue weighted by atomic mass is 10.1. The van der Waals surface area contributed by atoms with Crippen LogP contribution in [0.15, 0.2) is 52.1 Å². The Labute approximate surface area is 138 Å². The fourth-order valence-corrected chi connectivity index (χ4v) is 2.35. The molecular formula is C17H17BrN2O2. The third-order valence-electron chi connectivity index (χ3n) is 3.11. The molecule has 114 valence electrons. The summed E-state index contributed by atoms with van der Waals surface area (Å²) in [5, 5.41) is 6.62. The van der Waals surface area contributed by atoms with Crippen LogP contribution in [0.5, 0.6) is 0 Å². The third-order valence-corrected chi connectivity index (χ3v) is 3.61. The zero-order chi connectivity index (χ0) is 15.9. The predicted octanol–water partition coefficient (Wildman–Crippen LogP) is 4.06. The molecule has 0 aliphatic rings. The summed E-state index contributed by atoms with van der Waals surface area (Å²) >= 11 is 3.39. The predicted molar refractivity (Wildman–Crippen MR) is 92.2 cm³/mol. The first-order valence-corrected chi connectivity index (χ1v) is 7.62. The van der Waals surface area contributed by atoms with Crippen molar-refractivity contribution in [3.63, 3.8) is 0 Å². The summed E-state index contributed by atoms with van der Waals surface area (Å²) in [6.07, 6.45) is 1.60. The lowest BCUT2D eigenvalue weighted by molar-refractivity contribution is -0.120. The highest BCUT2D eigenvalue weighted by Gasteiger charge is 2.05. The highest BCUT2D eigenvalue weighted by molar-refractivity contribution is 9.10. The number of hydrogen-bond donors (Lipinski definition) is 1. The molecule has 4 nitrogen and oxygen atoms in total. The molecule has 2 rings (SSSR count). The highest BCUT2D eigenvalue weighted by atomic mass is 79.9. The molecule has 0 heterocycles. The van der Waals surface area contributed by atoms with Gasteiger partial charge >= 0.3 is 0 Å². The SMILES string of the molecule is Cc1ccccc1/C=N/OCC(=O)Nc1ccc(Br)cc1C. The number of nitrogens with one attached hydrogen (secondary N) is 1. The average Bonchev–Trinajstić information content (AvgIpc) is 2.48. The van der Waals surface area contributed by atoms with Crippen LogP contribution in [-0.4, -0.2) is 18.7 Å². The minimum atomic E-state index is -0.243. The van der Waals surface area contributed by atoms with E-state index in [1.54, 1.807) is 6.21 Å². The van der Waals surface area contributed by atoms with Crippen LogP contribution in [0.2, 0.25) is 0 Å². The maximum Gasteiger partial charge on any atom is 0.265 e. The van der Waals surface area contributed by atoms with Gasteiger partial charge in [-0.2, -0.15) is 0 Å². The first-order chi connectivity index (χ1) is 10.6. The Kier molecular flexibility index (Phi) is 5.72. The van der Waals surface area contributed by atoms with Gasteiger partial charge in [-0.15, -0.1) is 0 Å². The van der Waals surface area contributed by atoms with Crippen molar-refractivity contribution in [2.45, 2.75) is 13.8 Å². The summed E-state index contributed by atoms with van der Waals surface area (Å²) in [5.41, 5.74) is 3.81. The molecule has 0 atom stereocenters. The highest BCUT2D eigenvalue weighted by Crippen LogP contribution is 2.19. The topological polar surface area (TPSA) is 50.7 Å². The molecule has 0 fully saturated rings.